The molecule has 0 aliphatic heterocycles. The van der Waals surface area contributed by atoms with E-state index in [1.165, 1.54) is 12.1 Å². The molecular weight excluding hydrogens is 385 g/mol. The van der Waals surface area contributed by atoms with E-state index in [0.29, 0.717) is 12.1 Å². The Bertz CT molecular complexity index is 940. The monoisotopic (exact) mass is 407 g/mol. The molecule has 3 aromatic rings. The Balaban J connectivity index is 1.60. The molecule has 1 unspecified atom stereocenters. The fourth-order valence-corrected chi connectivity index (χ4v) is 3.42. The summed E-state index contributed by atoms with van der Waals surface area (Å²) in [6.07, 6.45) is 1.88. The van der Waals surface area contributed by atoms with Crippen LogP contribution in [0.15, 0.2) is 42.7 Å². The maximum absolute atomic E-state index is 10.5. The molecule has 0 saturated heterocycles. The summed E-state index contributed by atoms with van der Waals surface area (Å²) in [6, 6.07) is 10.9. The van der Waals surface area contributed by atoms with Crippen LogP contribution in [0.2, 0.25) is 10.0 Å². The fraction of sp³-hybridized carbons (Fsp3) is 0.350. The van der Waals surface area contributed by atoms with E-state index in [9.17, 15) is 10.2 Å². The molecule has 2 aromatic carbocycles. The molecule has 1 aromatic heterocycles. The highest BCUT2D eigenvalue weighted by Gasteiger charge is 2.21. The lowest BCUT2D eigenvalue weighted by Crippen LogP contribution is -2.42. The summed E-state index contributed by atoms with van der Waals surface area (Å²) in [6.45, 7) is 5.30. The summed E-state index contributed by atoms with van der Waals surface area (Å²) in [5, 5.41) is 23.9. The molecule has 0 amide bonds. The number of halogens is 2. The number of aliphatic hydroxyl groups is 1. The van der Waals surface area contributed by atoms with Crippen molar-refractivity contribution in [3.8, 4) is 5.75 Å². The summed E-state index contributed by atoms with van der Waals surface area (Å²) in [5.74, 6) is -0.0986. The summed E-state index contributed by atoms with van der Waals surface area (Å²) in [7, 11) is 0. The molecule has 3 N–H and O–H groups in total. The highest BCUT2D eigenvalue weighted by molar-refractivity contribution is 6.34. The average molecular weight is 408 g/mol. The van der Waals surface area contributed by atoms with Crippen LogP contribution in [0.3, 0.4) is 0 Å². The number of aromatic nitrogens is 2. The number of imidazole rings is 1. The molecule has 0 bridgehead atoms. The van der Waals surface area contributed by atoms with Gasteiger partial charge in [0.2, 0.25) is 0 Å². The highest BCUT2D eigenvalue weighted by Crippen LogP contribution is 2.33. The molecular formula is C20H23Cl2N3O2. The second-order valence-electron chi connectivity index (χ2n) is 7.28. The number of hydrogen-bond donors (Lipinski definition) is 3. The van der Waals surface area contributed by atoms with E-state index in [2.05, 4.69) is 34.8 Å². The Labute approximate surface area is 168 Å². The third-order valence-corrected chi connectivity index (χ3v) is 5.33. The smallest absolute Gasteiger partial charge is 0.135 e. The molecule has 3 rings (SSSR count). The zero-order valence-electron chi connectivity index (χ0n) is 15.3. The Hall–Kier alpha value is -1.79. The van der Waals surface area contributed by atoms with Crippen LogP contribution in [0.4, 0.5) is 0 Å². The van der Waals surface area contributed by atoms with E-state index in [1.54, 1.807) is 0 Å². The van der Waals surface area contributed by atoms with Crippen LogP contribution in [0.25, 0.3) is 11.0 Å². The highest BCUT2D eigenvalue weighted by atomic mass is 35.5. The van der Waals surface area contributed by atoms with Gasteiger partial charge in [0.25, 0.3) is 0 Å². The number of phenolic OH excluding ortho intramolecular Hbond substituents is 1. The number of benzene rings is 2. The first-order valence-corrected chi connectivity index (χ1v) is 9.53. The van der Waals surface area contributed by atoms with Crippen LogP contribution in [-0.2, 0) is 6.54 Å². The maximum atomic E-state index is 10.5. The van der Waals surface area contributed by atoms with Gasteiger partial charge >= 0.3 is 0 Å². The molecule has 0 saturated carbocycles. The third-order valence-electron chi connectivity index (χ3n) is 4.70. The third kappa shape index (κ3) is 4.74. The lowest BCUT2D eigenvalue weighted by Gasteiger charge is -2.28. The van der Waals surface area contributed by atoms with Gasteiger partial charge in [0.15, 0.2) is 0 Å². The molecule has 0 aliphatic rings. The molecule has 27 heavy (non-hydrogen) atoms. The minimum absolute atomic E-state index is 0.0986. The van der Waals surface area contributed by atoms with Gasteiger partial charge in [-0.25, -0.2) is 4.98 Å². The number of β-amino-alcohol motifs (C(OH)–C–C–N with tert-alkyl or cyclic N) is 1. The van der Waals surface area contributed by atoms with Crippen molar-refractivity contribution >= 4 is 34.2 Å². The second kappa shape index (κ2) is 8.07. The van der Waals surface area contributed by atoms with Crippen molar-refractivity contribution in [2.45, 2.75) is 38.5 Å². The van der Waals surface area contributed by atoms with Gasteiger partial charge in [0, 0.05) is 30.3 Å². The van der Waals surface area contributed by atoms with E-state index in [0.717, 1.165) is 24.0 Å². The fourth-order valence-electron chi connectivity index (χ4n) is 2.97. The quantitative estimate of drug-likeness (QED) is 0.537. The first kappa shape index (κ1) is 20.0. The van der Waals surface area contributed by atoms with Gasteiger partial charge in [0.05, 0.1) is 33.5 Å². The molecule has 1 atom stereocenters. The molecule has 5 nitrogen and oxygen atoms in total. The van der Waals surface area contributed by atoms with Gasteiger partial charge in [-0.15, -0.1) is 0 Å². The number of nitrogens with zero attached hydrogens (tertiary/aromatic N) is 2. The zero-order chi connectivity index (χ0) is 19.6. The average Bonchev–Trinajstić information content (AvgIpc) is 3.04. The van der Waals surface area contributed by atoms with Gasteiger partial charge in [-0.05, 0) is 38.5 Å². The van der Waals surface area contributed by atoms with Crippen molar-refractivity contribution in [2.75, 3.05) is 6.54 Å². The van der Waals surface area contributed by atoms with Gasteiger partial charge < -0.3 is 20.1 Å². The Morgan fingerprint density at radius 3 is 2.70 bits per heavy atom. The molecule has 7 heteroatoms. The second-order valence-corrected chi connectivity index (χ2v) is 8.10. The van der Waals surface area contributed by atoms with Crippen LogP contribution in [0.1, 0.15) is 31.9 Å². The largest absolute Gasteiger partial charge is 0.506 e. The SMILES string of the molecule is CC(C)(CCn1cnc2ccccc21)NCC(O)c1cc(Cl)c(O)cc1Cl. The Kier molecular flexibility index (Phi) is 5.96. The number of aryl methyl sites for hydroxylation is 1. The maximum Gasteiger partial charge on any atom is 0.135 e. The number of rotatable bonds is 7. The number of aliphatic hydroxyl groups excluding tert-OH is 1. The summed E-state index contributed by atoms with van der Waals surface area (Å²) < 4.78 is 2.13. The summed E-state index contributed by atoms with van der Waals surface area (Å²) in [5.41, 5.74) is 2.37. The van der Waals surface area contributed by atoms with Gasteiger partial charge in [0.1, 0.15) is 5.75 Å². The van der Waals surface area contributed by atoms with Crippen LogP contribution in [0.5, 0.6) is 5.75 Å². The van der Waals surface area contributed by atoms with E-state index < -0.39 is 6.10 Å². The van der Waals surface area contributed by atoms with E-state index in [4.69, 9.17) is 23.2 Å². The number of aromatic hydroxyl groups is 1. The van der Waals surface area contributed by atoms with Crippen LogP contribution < -0.4 is 5.32 Å². The van der Waals surface area contributed by atoms with Gasteiger partial charge in [-0.1, -0.05) is 35.3 Å². The van der Waals surface area contributed by atoms with Crippen molar-refractivity contribution in [1.29, 1.82) is 0 Å². The van der Waals surface area contributed by atoms with Crippen molar-refractivity contribution < 1.29 is 10.2 Å². The summed E-state index contributed by atoms with van der Waals surface area (Å²) >= 11 is 12.0. The summed E-state index contributed by atoms with van der Waals surface area (Å²) in [4.78, 5) is 4.41. The van der Waals surface area contributed by atoms with Crippen LogP contribution >= 0.6 is 23.2 Å². The standard InChI is InChI=1S/C20H23Cl2N3O2/c1-20(2,7-8-25-12-23-16-5-3-4-6-17(16)25)24-11-19(27)13-9-15(22)18(26)10-14(13)21/h3-6,9-10,12,19,24,26-27H,7-8,11H2,1-2H3. The Morgan fingerprint density at radius 1 is 1.19 bits per heavy atom. The molecule has 0 spiro atoms. The molecule has 0 aliphatic carbocycles. The van der Waals surface area contributed by atoms with Gasteiger partial charge in [-0.2, -0.15) is 0 Å². The van der Waals surface area contributed by atoms with Crippen molar-refractivity contribution in [2.24, 2.45) is 0 Å². The number of fused-ring (bicyclic) bond motifs is 1. The number of para-hydroxylation sites is 2. The van der Waals surface area contributed by atoms with Crippen LogP contribution in [0, 0.1) is 0 Å². The number of phenols is 1. The molecule has 144 valence electrons. The van der Waals surface area contributed by atoms with E-state index >= 15 is 0 Å². The topological polar surface area (TPSA) is 70.3 Å². The normalized spacial score (nSPS) is 13.2. The van der Waals surface area contributed by atoms with Gasteiger partial charge in [-0.3, -0.25) is 0 Å². The molecule has 0 radical (unpaired) electrons. The Morgan fingerprint density at radius 2 is 1.93 bits per heavy atom. The van der Waals surface area contributed by atoms with Crippen LogP contribution in [-0.4, -0.2) is 31.8 Å². The molecule has 0 fully saturated rings. The predicted molar refractivity (Wildman–Crippen MR) is 110 cm³/mol. The van der Waals surface area contributed by atoms with E-state index in [-0.39, 0.29) is 21.3 Å². The number of hydrogen-bond acceptors (Lipinski definition) is 4. The predicted octanol–water partition coefficient (Wildman–Crippen LogP) is 4.54. The van der Waals surface area contributed by atoms with Crippen molar-refractivity contribution in [3.63, 3.8) is 0 Å². The zero-order valence-corrected chi connectivity index (χ0v) is 16.8. The van der Waals surface area contributed by atoms with Crippen molar-refractivity contribution in [1.82, 2.24) is 14.9 Å². The first-order chi connectivity index (χ1) is 12.8. The minimum atomic E-state index is -0.830. The number of nitrogens with one attached hydrogen (secondary N) is 1. The van der Waals surface area contributed by atoms with Crippen molar-refractivity contribution in [3.05, 3.63) is 58.3 Å². The first-order valence-electron chi connectivity index (χ1n) is 8.78. The van der Waals surface area contributed by atoms with E-state index in [1.807, 2.05) is 24.5 Å². The molecule has 1 heterocycles. The lowest BCUT2D eigenvalue weighted by atomic mass is 9.99. The lowest BCUT2D eigenvalue weighted by molar-refractivity contribution is 0.158. The minimum Gasteiger partial charge on any atom is -0.506 e.